The number of hydrogen-bond donors (Lipinski definition) is 2. The number of alkyl halides is 3. The Balaban J connectivity index is 1.66. The van der Waals surface area contributed by atoms with Crippen LogP contribution in [0.1, 0.15) is 17.2 Å². The molecule has 0 radical (unpaired) electrons. The maximum Gasteiger partial charge on any atom is 0.451 e. The Kier molecular flexibility index (Phi) is 4.23. The minimum atomic E-state index is -4.56. The Morgan fingerprint density at radius 1 is 0.926 bits per heavy atom. The average molecular weight is 369 g/mol. The van der Waals surface area contributed by atoms with E-state index in [0.29, 0.717) is 12.0 Å². The number of rotatable bonds is 4. The smallest absolute Gasteiger partial charge is 0.348 e. The predicted molar refractivity (Wildman–Crippen MR) is 93.7 cm³/mol. The highest BCUT2D eigenvalue weighted by Gasteiger charge is 2.35. The van der Waals surface area contributed by atoms with Gasteiger partial charge >= 0.3 is 6.18 Å². The van der Waals surface area contributed by atoms with Crippen LogP contribution < -0.4 is 0 Å². The molecule has 2 aromatic heterocycles. The first-order valence-corrected chi connectivity index (χ1v) is 8.17. The van der Waals surface area contributed by atoms with Crippen LogP contribution >= 0.6 is 0 Å². The molecular formula is C19H14F3N5. The normalized spacial score (nSPS) is 11.7. The van der Waals surface area contributed by atoms with Gasteiger partial charge in [-0.05, 0) is 16.7 Å². The van der Waals surface area contributed by atoms with Crippen LogP contribution in [0.5, 0.6) is 0 Å². The van der Waals surface area contributed by atoms with Gasteiger partial charge in [-0.3, -0.25) is 5.10 Å². The van der Waals surface area contributed by atoms with Crippen molar-refractivity contribution < 1.29 is 13.2 Å². The molecule has 0 aliphatic heterocycles. The van der Waals surface area contributed by atoms with Gasteiger partial charge in [-0.15, -0.1) is 0 Å². The van der Waals surface area contributed by atoms with Crippen LogP contribution in [-0.4, -0.2) is 25.1 Å². The largest absolute Gasteiger partial charge is 0.451 e. The van der Waals surface area contributed by atoms with Crippen molar-refractivity contribution in [3.8, 4) is 22.5 Å². The number of aromatic amines is 2. The number of halogens is 3. The Labute approximate surface area is 152 Å². The van der Waals surface area contributed by atoms with Gasteiger partial charge in [0.1, 0.15) is 5.82 Å². The molecule has 2 heterocycles. The lowest BCUT2D eigenvalue weighted by molar-refractivity contribution is -0.144. The second-order valence-corrected chi connectivity index (χ2v) is 5.96. The van der Waals surface area contributed by atoms with Crippen molar-refractivity contribution in [3.05, 3.63) is 78.1 Å². The fraction of sp³-hybridized carbons (Fsp3) is 0.105. The van der Waals surface area contributed by atoms with Crippen molar-refractivity contribution in [1.82, 2.24) is 25.1 Å². The van der Waals surface area contributed by atoms with Crippen molar-refractivity contribution in [1.29, 1.82) is 0 Å². The molecule has 0 fully saturated rings. The second-order valence-electron chi connectivity index (χ2n) is 5.96. The number of aromatic nitrogens is 5. The van der Waals surface area contributed by atoms with E-state index in [1.54, 1.807) is 24.5 Å². The van der Waals surface area contributed by atoms with Gasteiger partial charge in [0.25, 0.3) is 0 Å². The lowest BCUT2D eigenvalue weighted by Crippen LogP contribution is -2.07. The summed E-state index contributed by atoms with van der Waals surface area (Å²) in [5.41, 5.74) is 3.23. The first-order chi connectivity index (χ1) is 13.0. The van der Waals surface area contributed by atoms with E-state index >= 15 is 0 Å². The predicted octanol–water partition coefficient (Wildman–Crippen LogP) is 4.47. The van der Waals surface area contributed by atoms with Gasteiger partial charge in [0, 0.05) is 24.4 Å². The first-order valence-electron chi connectivity index (χ1n) is 8.17. The quantitative estimate of drug-likeness (QED) is 0.558. The molecule has 2 aromatic carbocycles. The highest BCUT2D eigenvalue weighted by atomic mass is 19.4. The van der Waals surface area contributed by atoms with E-state index in [1.807, 2.05) is 41.5 Å². The molecule has 4 aromatic rings. The molecular weight excluding hydrogens is 355 g/mol. The molecule has 0 amide bonds. The monoisotopic (exact) mass is 369 g/mol. The molecule has 8 heteroatoms. The molecule has 0 saturated heterocycles. The number of benzene rings is 2. The van der Waals surface area contributed by atoms with Crippen molar-refractivity contribution in [2.24, 2.45) is 0 Å². The lowest BCUT2D eigenvalue weighted by Gasteiger charge is -2.08. The van der Waals surface area contributed by atoms with Crippen molar-refractivity contribution >= 4 is 0 Å². The van der Waals surface area contributed by atoms with Crippen LogP contribution in [0.2, 0.25) is 0 Å². The molecule has 0 aliphatic rings. The molecule has 5 nitrogen and oxygen atoms in total. The highest BCUT2D eigenvalue weighted by Crippen LogP contribution is 2.32. The van der Waals surface area contributed by atoms with Crippen molar-refractivity contribution in [3.63, 3.8) is 0 Å². The molecule has 0 atom stereocenters. The van der Waals surface area contributed by atoms with Gasteiger partial charge < -0.3 is 4.98 Å². The van der Waals surface area contributed by atoms with Crippen LogP contribution in [0.4, 0.5) is 13.2 Å². The molecule has 136 valence electrons. The summed E-state index contributed by atoms with van der Waals surface area (Å²) in [5.74, 6) is -0.234. The first kappa shape index (κ1) is 17.0. The summed E-state index contributed by atoms with van der Waals surface area (Å²) in [6, 6.07) is 14.9. The second kappa shape index (κ2) is 6.71. The third-order valence-electron chi connectivity index (χ3n) is 4.11. The van der Waals surface area contributed by atoms with Crippen LogP contribution in [0.15, 0.2) is 60.9 Å². The summed E-state index contributed by atoms with van der Waals surface area (Å²) in [7, 11) is 0. The molecule has 4 rings (SSSR count). The Hall–Kier alpha value is -3.42. The van der Waals surface area contributed by atoms with Gasteiger partial charge in [-0.25, -0.2) is 9.97 Å². The van der Waals surface area contributed by atoms with E-state index < -0.39 is 12.0 Å². The number of hydrogen-bond acceptors (Lipinski definition) is 3. The van der Waals surface area contributed by atoms with E-state index in [9.17, 15) is 13.2 Å². The Bertz CT molecular complexity index is 1030. The van der Waals surface area contributed by atoms with Crippen LogP contribution in [-0.2, 0) is 12.6 Å². The van der Waals surface area contributed by atoms with Gasteiger partial charge in [-0.1, -0.05) is 48.5 Å². The van der Waals surface area contributed by atoms with E-state index in [-0.39, 0.29) is 5.82 Å². The summed E-state index contributed by atoms with van der Waals surface area (Å²) in [6.07, 6.45) is -0.420. The van der Waals surface area contributed by atoms with E-state index in [4.69, 9.17) is 0 Å². The minimum absolute atomic E-state index is 0.0117. The topological polar surface area (TPSA) is 70.2 Å². The number of nitrogens with zero attached hydrogens (tertiary/aromatic N) is 3. The summed E-state index contributed by atoms with van der Waals surface area (Å²) in [4.78, 5) is 10.9. The summed E-state index contributed by atoms with van der Waals surface area (Å²) in [6.45, 7) is 0. The van der Waals surface area contributed by atoms with Crippen LogP contribution in [0.25, 0.3) is 22.5 Å². The molecule has 0 unspecified atom stereocenters. The van der Waals surface area contributed by atoms with E-state index in [2.05, 4.69) is 20.1 Å². The van der Waals surface area contributed by atoms with Gasteiger partial charge in [0.05, 0.1) is 0 Å². The van der Waals surface area contributed by atoms with Gasteiger partial charge in [0.15, 0.2) is 5.82 Å². The Morgan fingerprint density at radius 3 is 2.30 bits per heavy atom. The maximum absolute atomic E-state index is 12.8. The number of imidazole rings is 1. The average Bonchev–Trinajstić information content (AvgIpc) is 3.34. The number of H-pyrrole nitrogens is 2. The zero-order valence-corrected chi connectivity index (χ0v) is 14.0. The molecule has 0 spiro atoms. The highest BCUT2D eigenvalue weighted by molar-refractivity contribution is 5.80. The summed E-state index contributed by atoms with van der Waals surface area (Å²) in [5, 5.41) is 5.70. The minimum Gasteiger partial charge on any atom is -0.348 e. The van der Waals surface area contributed by atoms with Gasteiger partial charge in [-0.2, -0.15) is 18.3 Å². The zero-order chi connectivity index (χ0) is 18.9. The lowest BCUT2D eigenvalue weighted by atomic mass is 9.98. The number of nitrogens with one attached hydrogen (secondary N) is 2. The van der Waals surface area contributed by atoms with Gasteiger partial charge in [0.2, 0.25) is 5.82 Å². The van der Waals surface area contributed by atoms with Crippen molar-refractivity contribution in [2.75, 3.05) is 0 Å². The third kappa shape index (κ3) is 3.59. The van der Waals surface area contributed by atoms with Crippen LogP contribution in [0, 0.1) is 0 Å². The van der Waals surface area contributed by atoms with Crippen molar-refractivity contribution in [2.45, 2.75) is 12.6 Å². The van der Waals surface area contributed by atoms with E-state index in [1.165, 1.54) is 0 Å². The summed E-state index contributed by atoms with van der Waals surface area (Å²) >= 11 is 0. The third-order valence-corrected chi connectivity index (χ3v) is 4.11. The van der Waals surface area contributed by atoms with Crippen LogP contribution in [0.3, 0.4) is 0 Å². The molecule has 2 N–H and O–H groups in total. The summed E-state index contributed by atoms with van der Waals surface area (Å²) < 4.78 is 38.4. The molecule has 0 aliphatic carbocycles. The molecule has 0 bridgehead atoms. The Morgan fingerprint density at radius 2 is 1.67 bits per heavy atom. The maximum atomic E-state index is 12.8. The SMILES string of the molecule is FC(F)(F)c1nc(-c2ccccc2-c2ccc(Cc3ncc[nH]3)cc2)n[nH]1. The molecule has 0 saturated carbocycles. The van der Waals surface area contributed by atoms with E-state index in [0.717, 1.165) is 22.5 Å². The molecule has 27 heavy (non-hydrogen) atoms. The standard InChI is InChI=1S/C19H14F3N5/c20-19(21,22)18-25-17(26-27-18)15-4-2-1-3-14(15)13-7-5-12(6-8-13)11-16-23-9-10-24-16/h1-10H,11H2,(H,23,24)(H,25,26,27). The fourth-order valence-corrected chi connectivity index (χ4v) is 2.83. The zero-order valence-electron chi connectivity index (χ0n) is 14.0. The fourth-order valence-electron chi connectivity index (χ4n) is 2.83.